The van der Waals surface area contributed by atoms with Gasteiger partial charge in [0.15, 0.2) is 0 Å². The second-order valence-corrected chi connectivity index (χ2v) is 8.41. The molecule has 0 aliphatic carbocycles. The van der Waals surface area contributed by atoms with E-state index in [2.05, 4.69) is 5.32 Å². The van der Waals surface area contributed by atoms with Crippen LogP contribution in [0.3, 0.4) is 0 Å². The summed E-state index contributed by atoms with van der Waals surface area (Å²) in [5.41, 5.74) is 2.51. The van der Waals surface area contributed by atoms with Crippen molar-refractivity contribution in [3.63, 3.8) is 0 Å². The Morgan fingerprint density at radius 3 is 2.44 bits per heavy atom. The maximum absolute atomic E-state index is 13.3. The van der Waals surface area contributed by atoms with Crippen LogP contribution in [0, 0.1) is 11.3 Å². The minimum atomic E-state index is -0.612. The Labute approximate surface area is 206 Å². The minimum absolute atomic E-state index is 0.0880. The first-order valence-corrected chi connectivity index (χ1v) is 11.2. The van der Waals surface area contributed by atoms with Crippen molar-refractivity contribution in [1.29, 1.82) is 5.26 Å². The normalized spacial score (nSPS) is 16.4. The van der Waals surface area contributed by atoms with Crippen LogP contribution in [0.1, 0.15) is 39.0 Å². The second-order valence-electron chi connectivity index (χ2n) is 8.41. The smallest absolute Gasteiger partial charge is 0.271 e. The zero-order valence-corrected chi connectivity index (χ0v) is 19.2. The fourth-order valence-corrected chi connectivity index (χ4v) is 4.27. The molecule has 8 nitrogen and oxygen atoms in total. The molecule has 1 N–H and O–H groups in total. The molecule has 4 amide bonds. The molecular formula is C28H19N3O5. The molecule has 0 fully saturated rings. The number of carbonyl (C=O) groups is 4. The van der Waals surface area contributed by atoms with Gasteiger partial charge in [0.1, 0.15) is 23.2 Å². The summed E-state index contributed by atoms with van der Waals surface area (Å²) in [6.07, 6.45) is 1.97. The lowest BCUT2D eigenvalue weighted by molar-refractivity contribution is -0.140. The average Bonchev–Trinajstić information content (AvgIpc) is 3.46. The van der Waals surface area contributed by atoms with Crippen LogP contribution in [0.25, 0.3) is 17.4 Å². The van der Waals surface area contributed by atoms with E-state index in [0.717, 1.165) is 10.5 Å². The van der Waals surface area contributed by atoms with Gasteiger partial charge >= 0.3 is 0 Å². The number of amides is 4. The molecule has 0 radical (unpaired) electrons. The van der Waals surface area contributed by atoms with Crippen LogP contribution in [-0.2, 0) is 16.0 Å². The second kappa shape index (κ2) is 8.96. The topological polar surface area (TPSA) is 120 Å². The van der Waals surface area contributed by atoms with Gasteiger partial charge in [-0.3, -0.25) is 29.4 Å². The third-order valence-corrected chi connectivity index (χ3v) is 6.23. The maximum atomic E-state index is 13.3. The lowest BCUT2D eigenvalue weighted by atomic mass is 9.94. The number of furan rings is 1. The highest BCUT2D eigenvalue weighted by atomic mass is 16.3. The molecule has 0 spiro atoms. The van der Waals surface area contributed by atoms with E-state index in [1.807, 2.05) is 36.4 Å². The van der Waals surface area contributed by atoms with Gasteiger partial charge in [0.05, 0.1) is 11.1 Å². The van der Waals surface area contributed by atoms with Crippen molar-refractivity contribution in [3.8, 4) is 17.4 Å². The van der Waals surface area contributed by atoms with E-state index < -0.39 is 23.6 Å². The summed E-state index contributed by atoms with van der Waals surface area (Å²) in [6.45, 7) is 1.70. The number of nitrogens with one attached hydrogen (secondary N) is 1. The number of fused-ring (bicyclic) bond motifs is 1. The summed E-state index contributed by atoms with van der Waals surface area (Å²) in [7, 11) is 0. The van der Waals surface area contributed by atoms with Crippen LogP contribution in [-0.4, -0.2) is 35.1 Å². The lowest BCUT2D eigenvalue weighted by Gasteiger charge is -2.27. The van der Waals surface area contributed by atoms with E-state index in [0.29, 0.717) is 29.1 Å². The molecule has 0 saturated carbocycles. The first-order chi connectivity index (χ1) is 17.4. The summed E-state index contributed by atoms with van der Waals surface area (Å²) < 4.78 is 5.90. The summed E-state index contributed by atoms with van der Waals surface area (Å²) in [5, 5.41) is 11.8. The third kappa shape index (κ3) is 3.93. The molecule has 0 atom stereocenters. The van der Waals surface area contributed by atoms with Crippen LogP contribution in [0.5, 0.6) is 0 Å². The fraction of sp³-hybridized carbons (Fsp3) is 0.107. The Hall–Kier alpha value is -5.03. The van der Waals surface area contributed by atoms with E-state index in [-0.39, 0.29) is 28.8 Å². The molecule has 36 heavy (non-hydrogen) atoms. The van der Waals surface area contributed by atoms with Crippen molar-refractivity contribution in [2.24, 2.45) is 0 Å². The summed E-state index contributed by atoms with van der Waals surface area (Å²) in [4.78, 5) is 51.0. The largest absolute Gasteiger partial charge is 0.457 e. The Morgan fingerprint density at radius 1 is 0.944 bits per heavy atom. The van der Waals surface area contributed by atoms with Crippen LogP contribution in [0.2, 0.25) is 0 Å². The van der Waals surface area contributed by atoms with Crippen LogP contribution >= 0.6 is 0 Å². The van der Waals surface area contributed by atoms with Crippen LogP contribution in [0.4, 0.5) is 0 Å². The quantitative estimate of drug-likeness (QED) is 0.442. The highest BCUT2D eigenvalue weighted by Crippen LogP contribution is 2.30. The Bertz CT molecular complexity index is 1550. The monoisotopic (exact) mass is 477 g/mol. The number of benzene rings is 2. The molecule has 2 aromatic carbocycles. The molecule has 0 bridgehead atoms. The number of nitrogens with zero attached hydrogens (tertiary/aromatic N) is 2. The van der Waals surface area contributed by atoms with Gasteiger partial charge in [-0.05, 0) is 54.8 Å². The highest BCUT2D eigenvalue weighted by Gasteiger charge is 2.35. The number of nitriles is 1. The van der Waals surface area contributed by atoms with E-state index in [4.69, 9.17) is 4.42 Å². The maximum Gasteiger partial charge on any atom is 0.271 e. The van der Waals surface area contributed by atoms with E-state index in [1.54, 1.807) is 37.3 Å². The van der Waals surface area contributed by atoms with Gasteiger partial charge in [-0.2, -0.15) is 5.26 Å². The Kier molecular flexibility index (Phi) is 5.66. The number of hydrogen-bond acceptors (Lipinski definition) is 6. The first-order valence-electron chi connectivity index (χ1n) is 11.2. The van der Waals surface area contributed by atoms with Crippen molar-refractivity contribution < 1.29 is 23.6 Å². The number of rotatable bonds is 5. The summed E-state index contributed by atoms with van der Waals surface area (Å²) >= 11 is 0. The Balaban J connectivity index is 1.45. The van der Waals surface area contributed by atoms with Crippen molar-refractivity contribution >= 4 is 29.7 Å². The fourth-order valence-electron chi connectivity index (χ4n) is 4.27. The predicted molar refractivity (Wildman–Crippen MR) is 129 cm³/mol. The van der Waals surface area contributed by atoms with E-state index in [9.17, 15) is 24.4 Å². The minimum Gasteiger partial charge on any atom is -0.457 e. The molecule has 176 valence electrons. The van der Waals surface area contributed by atoms with Gasteiger partial charge in [0, 0.05) is 17.7 Å². The molecule has 3 heterocycles. The average molecular weight is 477 g/mol. The van der Waals surface area contributed by atoms with Gasteiger partial charge in [-0.1, -0.05) is 36.4 Å². The van der Waals surface area contributed by atoms with Crippen LogP contribution in [0.15, 0.2) is 81.8 Å². The molecule has 5 rings (SSSR count). The summed E-state index contributed by atoms with van der Waals surface area (Å²) in [6, 6.07) is 19.5. The number of carbonyl (C=O) groups excluding carboxylic acids is 4. The van der Waals surface area contributed by atoms with Gasteiger partial charge in [-0.25, -0.2) is 0 Å². The zero-order chi connectivity index (χ0) is 25.4. The molecule has 1 aromatic heterocycles. The molecule has 0 unspecified atom stereocenters. The predicted octanol–water partition coefficient (Wildman–Crippen LogP) is 3.67. The third-order valence-electron chi connectivity index (χ3n) is 6.23. The SMILES string of the molecule is CC1=C(C#N)C(=O)N(CCc2ccccc2)C(=O)/C1=C/c1ccc(-c2ccc3c(c2)C(=O)NC3=O)o1. The molecule has 3 aromatic rings. The van der Waals surface area contributed by atoms with Crippen LogP contribution < -0.4 is 5.32 Å². The van der Waals surface area contributed by atoms with Crippen molar-refractivity contribution in [1.82, 2.24) is 10.2 Å². The van der Waals surface area contributed by atoms with E-state index >= 15 is 0 Å². The standard InChI is InChI=1S/C28H19N3O5/c1-16-21(27(34)31(28(35)23(16)15-29)12-11-17-5-3-2-4-6-17)14-19-8-10-24(36-19)18-7-9-20-22(13-18)26(33)30-25(20)32/h2-10,13-14H,11-12H2,1H3,(H,30,32,33)/b21-14+. The van der Waals surface area contributed by atoms with Crippen molar-refractivity contribution in [2.45, 2.75) is 13.3 Å². The van der Waals surface area contributed by atoms with Gasteiger partial charge in [-0.15, -0.1) is 0 Å². The zero-order valence-electron chi connectivity index (χ0n) is 19.2. The number of imide groups is 2. The molecule has 2 aliphatic rings. The van der Waals surface area contributed by atoms with E-state index in [1.165, 1.54) is 6.08 Å². The molecule has 2 aliphatic heterocycles. The van der Waals surface area contributed by atoms with Gasteiger partial charge in [0.2, 0.25) is 0 Å². The first kappa shape index (κ1) is 22.7. The van der Waals surface area contributed by atoms with Gasteiger partial charge in [0.25, 0.3) is 23.6 Å². The lowest BCUT2D eigenvalue weighted by Crippen LogP contribution is -2.43. The van der Waals surface area contributed by atoms with Gasteiger partial charge < -0.3 is 4.42 Å². The molecular weight excluding hydrogens is 458 g/mol. The highest BCUT2D eigenvalue weighted by molar-refractivity contribution is 6.22. The number of hydrogen-bond donors (Lipinski definition) is 1. The molecule has 8 heteroatoms. The Morgan fingerprint density at radius 2 is 1.69 bits per heavy atom. The van der Waals surface area contributed by atoms with Crippen molar-refractivity contribution in [2.75, 3.05) is 6.54 Å². The molecule has 0 saturated heterocycles. The summed E-state index contributed by atoms with van der Waals surface area (Å²) in [5.74, 6) is -1.26. The van der Waals surface area contributed by atoms with Crippen molar-refractivity contribution in [3.05, 3.63) is 99.8 Å².